The van der Waals surface area contributed by atoms with Gasteiger partial charge in [-0.15, -0.1) is 0 Å². The molecular weight excluding hydrogens is 260 g/mol. The van der Waals surface area contributed by atoms with Crippen molar-refractivity contribution < 1.29 is 14.4 Å². The fourth-order valence-corrected chi connectivity index (χ4v) is 3.56. The van der Waals surface area contributed by atoms with Crippen molar-refractivity contribution in [1.82, 2.24) is 15.5 Å². The number of rotatable bonds is 1. The molecule has 7 nitrogen and oxygen atoms in total. The maximum atomic E-state index is 12.5. The summed E-state index contributed by atoms with van der Waals surface area (Å²) in [6.45, 7) is 0.921. The zero-order valence-electron chi connectivity index (χ0n) is 11.4. The van der Waals surface area contributed by atoms with Gasteiger partial charge in [-0.3, -0.25) is 14.9 Å². The van der Waals surface area contributed by atoms with E-state index in [1.807, 2.05) is 0 Å². The van der Waals surface area contributed by atoms with E-state index >= 15 is 0 Å². The molecule has 110 valence electrons. The van der Waals surface area contributed by atoms with Gasteiger partial charge in [0.15, 0.2) is 0 Å². The fourth-order valence-electron chi connectivity index (χ4n) is 3.56. The number of nitrogens with zero attached hydrogens (tertiary/aromatic N) is 1. The Morgan fingerprint density at radius 2 is 2.15 bits per heavy atom. The van der Waals surface area contributed by atoms with E-state index in [9.17, 15) is 14.4 Å². The highest BCUT2D eigenvalue weighted by atomic mass is 16.2. The molecule has 20 heavy (non-hydrogen) atoms. The van der Waals surface area contributed by atoms with E-state index < -0.39 is 11.6 Å². The second kappa shape index (κ2) is 4.73. The van der Waals surface area contributed by atoms with Crippen LogP contribution in [0.15, 0.2) is 0 Å². The zero-order chi connectivity index (χ0) is 14.3. The van der Waals surface area contributed by atoms with Gasteiger partial charge in [0.1, 0.15) is 5.54 Å². The highest BCUT2D eigenvalue weighted by Gasteiger charge is 2.50. The monoisotopic (exact) mass is 280 g/mol. The number of imide groups is 1. The van der Waals surface area contributed by atoms with Crippen molar-refractivity contribution in [2.75, 3.05) is 13.1 Å². The van der Waals surface area contributed by atoms with Crippen LogP contribution in [0.1, 0.15) is 32.1 Å². The van der Waals surface area contributed by atoms with E-state index in [1.54, 1.807) is 4.90 Å². The summed E-state index contributed by atoms with van der Waals surface area (Å²) >= 11 is 0. The van der Waals surface area contributed by atoms with Crippen LogP contribution >= 0.6 is 0 Å². The molecule has 0 aromatic heterocycles. The number of urea groups is 1. The molecule has 2 heterocycles. The normalized spacial score (nSPS) is 37.1. The van der Waals surface area contributed by atoms with Crippen LogP contribution in [-0.4, -0.2) is 47.4 Å². The van der Waals surface area contributed by atoms with Gasteiger partial charge in [-0.2, -0.15) is 0 Å². The fraction of sp³-hybridized carbons (Fsp3) is 0.769. The van der Waals surface area contributed by atoms with Gasteiger partial charge in [0.25, 0.3) is 5.91 Å². The third kappa shape index (κ3) is 2.15. The van der Waals surface area contributed by atoms with Crippen LogP contribution in [0.4, 0.5) is 4.79 Å². The summed E-state index contributed by atoms with van der Waals surface area (Å²) in [5.41, 5.74) is 4.93. The average molecular weight is 280 g/mol. The number of nitrogens with one attached hydrogen (secondary N) is 2. The maximum Gasteiger partial charge on any atom is 0.322 e. The number of carbonyl (C=O) groups is 3. The van der Waals surface area contributed by atoms with Gasteiger partial charge < -0.3 is 16.0 Å². The molecule has 1 saturated carbocycles. The lowest BCUT2D eigenvalue weighted by molar-refractivity contribution is -0.139. The summed E-state index contributed by atoms with van der Waals surface area (Å²) < 4.78 is 0. The van der Waals surface area contributed by atoms with Crippen molar-refractivity contribution in [3.8, 4) is 0 Å². The van der Waals surface area contributed by atoms with Gasteiger partial charge in [0.2, 0.25) is 5.91 Å². The molecule has 3 rings (SSSR count). The minimum absolute atomic E-state index is 0.0275. The molecule has 2 aliphatic heterocycles. The molecule has 1 aliphatic carbocycles. The summed E-state index contributed by atoms with van der Waals surface area (Å²) in [6.07, 6.45) is 3.73. The first-order valence-electron chi connectivity index (χ1n) is 7.18. The third-order valence-corrected chi connectivity index (χ3v) is 4.64. The molecule has 4 N–H and O–H groups in total. The Morgan fingerprint density at radius 1 is 1.35 bits per heavy atom. The highest BCUT2D eigenvalue weighted by Crippen LogP contribution is 2.30. The number of piperidine rings is 1. The standard InChI is InChI=1S/C13H20N4O3/c14-9-3-2-8(6-9)10(18)17-5-1-4-13(7-17)11(19)15-12(20)16-13/h8-9H,1-7,14H2,(H2,15,16,19,20). The Morgan fingerprint density at radius 3 is 2.75 bits per heavy atom. The van der Waals surface area contributed by atoms with Gasteiger partial charge in [0, 0.05) is 18.5 Å². The predicted octanol–water partition coefficient (Wildman–Crippen LogP) is -0.686. The molecule has 0 bridgehead atoms. The van der Waals surface area contributed by atoms with Crippen LogP contribution in [0.5, 0.6) is 0 Å². The topological polar surface area (TPSA) is 105 Å². The van der Waals surface area contributed by atoms with Crippen LogP contribution in [0.3, 0.4) is 0 Å². The molecule has 4 amide bonds. The zero-order valence-corrected chi connectivity index (χ0v) is 11.4. The van der Waals surface area contributed by atoms with Crippen LogP contribution < -0.4 is 16.4 Å². The smallest absolute Gasteiger partial charge is 0.322 e. The summed E-state index contributed by atoms with van der Waals surface area (Å²) in [5.74, 6) is -0.269. The Kier molecular flexibility index (Phi) is 3.16. The van der Waals surface area contributed by atoms with Crippen LogP contribution in [0.25, 0.3) is 0 Å². The van der Waals surface area contributed by atoms with Gasteiger partial charge >= 0.3 is 6.03 Å². The molecule has 3 unspecified atom stereocenters. The lowest BCUT2D eigenvalue weighted by Gasteiger charge is -2.39. The minimum atomic E-state index is -0.925. The van der Waals surface area contributed by atoms with Crippen molar-refractivity contribution in [3.63, 3.8) is 0 Å². The van der Waals surface area contributed by atoms with Crippen molar-refractivity contribution in [2.45, 2.75) is 43.7 Å². The van der Waals surface area contributed by atoms with Gasteiger partial charge in [-0.1, -0.05) is 0 Å². The number of nitrogens with two attached hydrogens (primary N) is 1. The second-order valence-corrected chi connectivity index (χ2v) is 6.12. The number of likely N-dealkylation sites (tertiary alicyclic amines) is 1. The summed E-state index contributed by atoms with van der Waals surface area (Å²) in [6, 6.07) is -0.357. The first-order chi connectivity index (χ1) is 9.50. The van der Waals surface area contributed by atoms with E-state index in [0.29, 0.717) is 13.0 Å². The number of hydrogen-bond donors (Lipinski definition) is 3. The van der Waals surface area contributed by atoms with Crippen molar-refractivity contribution in [3.05, 3.63) is 0 Å². The van der Waals surface area contributed by atoms with E-state index in [1.165, 1.54) is 0 Å². The van der Waals surface area contributed by atoms with Crippen molar-refractivity contribution in [2.24, 2.45) is 11.7 Å². The summed E-state index contributed by atoms with van der Waals surface area (Å²) in [7, 11) is 0. The van der Waals surface area contributed by atoms with Crippen LogP contribution in [0, 0.1) is 5.92 Å². The van der Waals surface area contributed by atoms with Gasteiger partial charge in [-0.05, 0) is 32.1 Å². The SMILES string of the molecule is NC1CCC(C(=O)N2CCCC3(C2)NC(=O)NC3=O)C1. The predicted molar refractivity (Wildman–Crippen MR) is 70.5 cm³/mol. The first kappa shape index (κ1) is 13.4. The average Bonchev–Trinajstić information content (AvgIpc) is 2.94. The van der Waals surface area contributed by atoms with Crippen molar-refractivity contribution >= 4 is 17.8 Å². The summed E-state index contributed by atoms with van der Waals surface area (Å²) in [5, 5.41) is 4.95. The molecule has 3 atom stereocenters. The highest BCUT2D eigenvalue weighted by molar-refractivity contribution is 6.07. The number of amides is 4. The quantitative estimate of drug-likeness (QED) is 0.553. The first-order valence-corrected chi connectivity index (χ1v) is 7.18. The Hall–Kier alpha value is -1.63. The number of hydrogen-bond acceptors (Lipinski definition) is 4. The van der Waals surface area contributed by atoms with E-state index in [2.05, 4.69) is 10.6 Å². The lowest BCUT2D eigenvalue weighted by Crippen LogP contribution is -2.60. The largest absolute Gasteiger partial charge is 0.340 e. The Balaban J connectivity index is 1.71. The Labute approximate surface area is 117 Å². The summed E-state index contributed by atoms with van der Waals surface area (Å²) in [4.78, 5) is 37.5. The lowest BCUT2D eigenvalue weighted by atomic mass is 9.88. The maximum absolute atomic E-state index is 12.5. The van der Waals surface area contributed by atoms with E-state index in [4.69, 9.17) is 5.73 Å². The van der Waals surface area contributed by atoms with E-state index in [0.717, 1.165) is 25.7 Å². The van der Waals surface area contributed by atoms with Crippen LogP contribution in [-0.2, 0) is 9.59 Å². The molecule has 3 aliphatic rings. The molecule has 0 aromatic carbocycles. The van der Waals surface area contributed by atoms with E-state index in [-0.39, 0.29) is 30.3 Å². The number of carbonyl (C=O) groups excluding carboxylic acids is 3. The minimum Gasteiger partial charge on any atom is -0.340 e. The molecule has 3 fully saturated rings. The molecule has 0 radical (unpaired) electrons. The van der Waals surface area contributed by atoms with Crippen LogP contribution in [0.2, 0.25) is 0 Å². The molecule has 1 spiro atoms. The molecule has 0 aromatic rings. The molecule has 2 saturated heterocycles. The Bertz CT molecular complexity index is 467. The third-order valence-electron chi connectivity index (χ3n) is 4.64. The molecule has 7 heteroatoms. The molecular formula is C13H20N4O3. The van der Waals surface area contributed by atoms with Gasteiger partial charge in [-0.25, -0.2) is 4.79 Å². The van der Waals surface area contributed by atoms with Crippen molar-refractivity contribution in [1.29, 1.82) is 0 Å². The van der Waals surface area contributed by atoms with Gasteiger partial charge in [0.05, 0.1) is 6.54 Å². The second-order valence-electron chi connectivity index (χ2n) is 6.12.